The number of imidazole rings is 1. The summed E-state index contributed by atoms with van der Waals surface area (Å²) >= 11 is 8.85. The Morgan fingerprint density at radius 2 is 2.45 bits per heavy atom. The number of pyridine rings is 1. The fourth-order valence-electron chi connectivity index (χ4n) is 1.95. The normalized spacial score (nSPS) is 12.5. The second kappa shape index (κ2) is 6.68. The van der Waals surface area contributed by atoms with Gasteiger partial charge in [-0.3, -0.25) is 4.79 Å². The van der Waals surface area contributed by atoms with Crippen LogP contribution >= 0.6 is 34.7 Å². The number of amides is 1. The highest BCUT2D eigenvalue weighted by Gasteiger charge is 2.12. The number of hydrogen-bond donors (Lipinski definition) is 2. The van der Waals surface area contributed by atoms with Gasteiger partial charge in [0.2, 0.25) is 5.91 Å². The molecule has 3 heterocycles. The van der Waals surface area contributed by atoms with E-state index in [0.717, 1.165) is 10.4 Å². The minimum atomic E-state index is -0.0302. The van der Waals surface area contributed by atoms with Crippen molar-refractivity contribution in [1.82, 2.24) is 20.3 Å². The zero-order valence-electron chi connectivity index (χ0n) is 11.7. The number of rotatable bonds is 5. The maximum Gasteiger partial charge on any atom is 0.230 e. The molecule has 22 heavy (non-hydrogen) atoms. The lowest BCUT2D eigenvalue weighted by molar-refractivity contribution is -0.119. The third kappa shape index (κ3) is 3.60. The van der Waals surface area contributed by atoms with Gasteiger partial charge in [-0.25, -0.2) is 9.97 Å². The molecule has 0 spiro atoms. The molecular formula is C14H13ClN4OS2. The molecule has 0 bridgehead atoms. The van der Waals surface area contributed by atoms with Crippen molar-refractivity contribution in [2.24, 2.45) is 0 Å². The fraction of sp³-hybridized carbons (Fsp3) is 0.214. The molecule has 114 valence electrons. The Balaban J connectivity index is 1.58. The zero-order valence-corrected chi connectivity index (χ0v) is 14.1. The Morgan fingerprint density at radius 1 is 1.59 bits per heavy atom. The van der Waals surface area contributed by atoms with Gasteiger partial charge in [0.15, 0.2) is 10.8 Å². The summed E-state index contributed by atoms with van der Waals surface area (Å²) in [6, 6.07) is 5.77. The van der Waals surface area contributed by atoms with Crippen LogP contribution in [-0.4, -0.2) is 26.6 Å². The topological polar surface area (TPSA) is 70.7 Å². The molecule has 0 aliphatic rings. The molecule has 2 N–H and O–H groups in total. The number of carbonyl (C=O) groups excluding carboxylic acids is 1. The minimum absolute atomic E-state index is 0.0178. The molecule has 0 unspecified atom stereocenters. The van der Waals surface area contributed by atoms with Crippen LogP contribution < -0.4 is 5.32 Å². The SMILES string of the molecule is C[C@@H](NC(=O)CSc1nc2ncc(Cl)cc2[nH]1)c1cccs1. The Hall–Kier alpha value is -1.57. The number of thioether (sulfide) groups is 1. The zero-order chi connectivity index (χ0) is 15.5. The maximum absolute atomic E-state index is 12.0. The lowest BCUT2D eigenvalue weighted by Crippen LogP contribution is -2.27. The predicted molar refractivity (Wildman–Crippen MR) is 90.5 cm³/mol. The number of fused-ring (bicyclic) bond motifs is 1. The first-order valence-corrected chi connectivity index (χ1v) is 8.83. The van der Waals surface area contributed by atoms with Gasteiger partial charge in [-0.2, -0.15) is 0 Å². The predicted octanol–water partition coefficient (Wildman–Crippen LogP) is 3.64. The number of nitrogens with zero attached hydrogens (tertiary/aromatic N) is 2. The van der Waals surface area contributed by atoms with Crippen molar-refractivity contribution < 1.29 is 4.79 Å². The average molecular weight is 353 g/mol. The molecule has 0 radical (unpaired) electrons. The molecule has 0 aromatic carbocycles. The van der Waals surface area contributed by atoms with Crippen molar-refractivity contribution in [3.05, 3.63) is 39.7 Å². The van der Waals surface area contributed by atoms with E-state index < -0.39 is 0 Å². The van der Waals surface area contributed by atoms with Crippen LogP contribution in [0.1, 0.15) is 17.8 Å². The van der Waals surface area contributed by atoms with E-state index in [9.17, 15) is 4.79 Å². The Bertz CT molecular complexity index is 787. The van der Waals surface area contributed by atoms with E-state index in [1.54, 1.807) is 23.6 Å². The largest absolute Gasteiger partial charge is 0.348 e. The molecule has 8 heteroatoms. The third-order valence-corrected chi connectivity index (χ3v) is 5.10. The molecule has 0 aliphatic heterocycles. The summed E-state index contributed by atoms with van der Waals surface area (Å²) in [6.45, 7) is 1.97. The van der Waals surface area contributed by atoms with Gasteiger partial charge < -0.3 is 10.3 Å². The van der Waals surface area contributed by atoms with Crippen LogP contribution in [0.4, 0.5) is 0 Å². The second-order valence-corrected chi connectivity index (χ2v) is 7.04. The first-order chi connectivity index (χ1) is 10.6. The van der Waals surface area contributed by atoms with Crippen LogP contribution in [0.25, 0.3) is 11.2 Å². The van der Waals surface area contributed by atoms with E-state index in [-0.39, 0.29) is 11.9 Å². The van der Waals surface area contributed by atoms with Crippen LogP contribution in [0.5, 0.6) is 0 Å². The summed E-state index contributed by atoms with van der Waals surface area (Å²) in [4.78, 5) is 24.7. The second-order valence-electron chi connectivity index (χ2n) is 4.66. The van der Waals surface area contributed by atoms with Crippen molar-refractivity contribution in [1.29, 1.82) is 0 Å². The van der Waals surface area contributed by atoms with Crippen LogP contribution in [0, 0.1) is 0 Å². The van der Waals surface area contributed by atoms with E-state index in [0.29, 0.717) is 21.6 Å². The highest BCUT2D eigenvalue weighted by Crippen LogP contribution is 2.21. The van der Waals surface area contributed by atoms with Crippen molar-refractivity contribution in [3.63, 3.8) is 0 Å². The lowest BCUT2D eigenvalue weighted by Gasteiger charge is -2.11. The molecule has 0 fully saturated rings. The van der Waals surface area contributed by atoms with E-state index in [4.69, 9.17) is 11.6 Å². The van der Waals surface area contributed by atoms with Gasteiger partial charge >= 0.3 is 0 Å². The molecule has 3 rings (SSSR count). The minimum Gasteiger partial charge on any atom is -0.348 e. The van der Waals surface area contributed by atoms with Gasteiger partial charge in [0.1, 0.15) is 0 Å². The standard InChI is InChI=1S/C14H13ClN4OS2/c1-8(11-3-2-4-21-11)17-12(20)7-22-14-18-10-5-9(15)6-16-13(10)19-14/h2-6,8H,7H2,1H3,(H,17,20)(H,16,18,19)/t8-/m1/s1. The van der Waals surface area contributed by atoms with Gasteiger partial charge in [-0.1, -0.05) is 29.4 Å². The number of aromatic amines is 1. The quantitative estimate of drug-likeness (QED) is 0.688. The van der Waals surface area contributed by atoms with E-state index in [2.05, 4.69) is 20.3 Å². The smallest absolute Gasteiger partial charge is 0.230 e. The number of halogens is 1. The highest BCUT2D eigenvalue weighted by molar-refractivity contribution is 7.99. The number of aromatic nitrogens is 3. The van der Waals surface area contributed by atoms with Gasteiger partial charge in [-0.15, -0.1) is 11.3 Å². The molecular weight excluding hydrogens is 340 g/mol. The van der Waals surface area contributed by atoms with Gasteiger partial charge in [0.25, 0.3) is 0 Å². The first-order valence-electron chi connectivity index (χ1n) is 6.58. The van der Waals surface area contributed by atoms with Crippen LogP contribution in [0.2, 0.25) is 5.02 Å². The fourth-order valence-corrected chi connectivity index (χ4v) is 3.52. The average Bonchev–Trinajstić information content (AvgIpc) is 3.13. The Kier molecular flexibility index (Phi) is 4.66. The summed E-state index contributed by atoms with van der Waals surface area (Å²) in [5, 5.41) is 6.17. The van der Waals surface area contributed by atoms with Gasteiger partial charge in [0, 0.05) is 11.1 Å². The summed E-state index contributed by atoms with van der Waals surface area (Å²) in [7, 11) is 0. The Labute approximate surface area is 140 Å². The molecule has 0 aliphatic carbocycles. The molecule has 1 atom stereocenters. The molecule has 5 nitrogen and oxygen atoms in total. The highest BCUT2D eigenvalue weighted by atomic mass is 35.5. The summed E-state index contributed by atoms with van der Waals surface area (Å²) in [5.74, 6) is 0.265. The number of H-pyrrole nitrogens is 1. The lowest BCUT2D eigenvalue weighted by atomic mass is 10.3. The van der Waals surface area contributed by atoms with Gasteiger partial charge in [-0.05, 0) is 24.4 Å². The number of hydrogen-bond acceptors (Lipinski definition) is 5. The molecule has 0 saturated carbocycles. The van der Waals surface area contributed by atoms with Crippen molar-refractivity contribution in [2.45, 2.75) is 18.1 Å². The van der Waals surface area contributed by atoms with Gasteiger partial charge in [0.05, 0.1) is 22.3 Å². The van der Waals surface area contributed by atoms with Crippen LogP contribution in [-0.2, 0) is 4.79 Å². The third-order valence-electron chi connectivity index (χ3n) is 2.97. The molecule has 1 amide bonds. The van der Waals surface area contributed by atoms with E-state index in [1.165, 1.54) is 11.8 Å². The number of carbonyl (C=O) groups is 1. The number of thiophene rings is 1. The van der Waals surface area contributed by atoms with Crippen molar-refractivity contribution in [3.8, 4) is 0 Å². The molecule has 3 aromatic heterocycles. The summed E-state index contributed by atoms with van der Waals surface area (Å²) in [5.41, 5.74) is 1.36. The van der Waals surface area contributed by atoms with E-state index in [1.807, 2.05) is 24.4 Å². The first kappa shape index (κ1) is 15.3. The Morgan fingerprint density at radius 3 is 3.23 bits per heavy atom. The monoisotopic (exact) mass is 352 g/mol. The molecule has 0 saturated heterocycles. The molecule has 3 aromatic rings. The van der Waals surface area contributed by atoms with Crippen molar-refractivity contribution in [2.75, 3.05) is 5.75 Å². The summed E-state index contributed by atoms with van der Waals surface area (Å²) < 4.78 is 0. The van der Waals surface area contributed by atoms with Crippen molar-refractivity contribution >= 4 is 51.8 Å². The number of nitrogens with one attached hydrogen (secondary N) is 2. The van der Waals surface area contributed by atoms with Crippen LogP contribution in [0.15, 0.2) is 34.9 Å². The van der Waals surface area contributed by atoms with Crippen LogP contribution in [0.3, 0.4) is 0 Å². The maximum atomic E-state index is 12.0. The summed E-state index contributed by atoms with van der Waals surface area (Å²) in [6.07, 6.45) is 1.55. The van der Waals surface area contributed by atoms with E-state index >= 15 is 0 Å².